The number of methoxy groups -OCH3 is 1. The lowest BCUT2D eigenvalue weighted by molar-refractivity contribution is -0.0195. The van der Waals surface area contributed by atoms with E-state index in [0.29, 0.717) is 13.2 Å². The first kappa shape index (κ1) is 15.2. The fraction of sp³-hybridized carbons (Fsp3) is 0.400. The van der Waals surface area contributed by atoms with Crippen molar-refractivity contribution in [3.05, 3.63) is 42.0 Å². The largest absolute Gasteiger partial charge is 0.453 e. The molecule has 1 rings (SSSR count). The van der Waals surface area contributed by atoms with Crippen LogP contribution in [-0.2, 0) is 15.1 Å². The van der Waals surface area contributed by atoms with Crippen molar-refractivity contribution < 1.29 is 14.3 Å². The highest BCUT2D eigenvalue weighted by Crippen LogP contribution is 2.24. The Morgan fingerprint density at radius 3 is 2.53 bits per heavy atom. The van der Waals surface area contributed by atoms with E-state index in [-0.39, 0.29) is 0 Å². The Bertz CT molecular complexity index is 424. The fourth-order valence-electron chi connectivity index (χ4n) is 1.64. The number of carbonyl (C=O) groups is 1. The van der Waals surface area contributed by atoms with Crippen LogP contribution in [0.4, 0.5) is 4.79 Å². The average Bonchev–Trinajstić information content (AvgIpc) is 2.43. The molecule has 0 saturated carbocycles. The summed E-state index contributed by atoms with van der Waals surface area (Å²) in [5.74, 6) is 0. The van der Waals surface area contributed by atoms with Crippen molar-refractivity contribution in [3.63, 3.8) is 0 Å². The van der Waals surface area contributed by atoms with Gasteiger partial charge in [-0.3, -0.25) is 0 Å². The third kappa shape index (κ3) is 4.75. The summed E-state index contributed by atoms with van der Waals surface area (Å²) < 4.78 is 10.3. The van der Waals surface area contributed by atoms with Crippen molar-refractivity contribution in [2.45, 2.75) is 19.4 Å². The second kappa shape index (κ2) is 6.95. The number of nitrogens with one attached hydrogen (secondary N) is 1. The predicted octanol–water partition coefficient (Wildman–Crippen LogP) is 2.94. The SMILES string of the molecule is C=Cc1ccc(C(C)(C)OCCNC(=O)OC)cc1. The second-order valence-electron chi connectivity index (χ2n) is 4.60. The van der Waals surface area contributed by atoms with Gasteiger partial charge < -0.3 is 14.8 Å². The first-order valence-corrected chi connectivity index (χ1v) is 6.18. The average molecular weight is 263 g/mol. The van der Waals surface area contributed by atoms with Crippen LogP contribution in [0.25, 0.3) is 6.08 Å². The fourth-order valence-corrected chi connectivity index (χ4v) is 1.64. The number of ether oxygens (including phenoxy) is 2. The van der Waals surface area contributed by atoms with Gasteiger partial charge in [0.15, 0.2) is 0 Å². The predicted molar refractivity (Wildman–Crippen MR) is 75.9 cm³/mol. The number of benzene rings is 1. The summed E-state index contributed by atoms with van der Waals surface area (Å²) in [6.45, 7) is 8.55. The van der Waals surface area contributed by atoms with E-state index < -0.39 is 11.7 Å². The van der Waals surface area contributed by atoms with E-state index in [2.05, 4.69) is 16.6 Å². The van der Waals surface area contributed by atoms with Crippen LogP contribution in [0.3, 0.4) is 0 Å². The molecule has 1 amide bonds. The molecule has 0 unspecified atom stereocenters. The molecule has 0 aliphatic carbocycles. The molecule has 1 N–H and O–H groups in total. The van der Waals surface area contributed by atoms with Gasteiger partial charge in [0, 0.05) is 6.54 Å². The maximum atomic E-state index is 10.9. The Morgan fingerprint density at radius 2 is 2.00 bits per heavy atom. The molecular weight excluding hydrogens is 242 g/mol. The van der Waals surface area contributed by atoms with Gasteiger partial charge in [-0.1, -0.05) is 36.9 Å². The lowest BCUT2D eigenvalue weighted by Gasteiger charge is -2.26. The molecule has 0 atom stereocenters. The van der Waals surface area contributed by atoms with Crippen molar-refractivity contribution >= 4 is 12.2 Å². The molecule has 1 aromatic carbocycles. The standard InChI is InChI=1S/C15H21NO3/c1-5-12-6-8-13(9-7-12)15(2,3)19-11-10-16-14(17)18-4/h5-9H,1,10-11H2,2-4H3,(H,16,17). The Balaban J connectivity index is 2.50. The van der Waals surface area contributed by atoms with Crippen molar-refractivity contribution in [1.29, 1.82) is 0 Å². The van der Waals surface area contributed by atoms with Gasteiger partial charge >= 0.3 is 6.09 Å². The molecule has 19 heavy (non-hydrogen) atoms. The van der Waals surface area contributed by atoms with E-state index in [9.17, 15) is 4.79 Å². The van der Waals surface area contributed by atoms with Crippen LogP contribution in [-0.4, -0.2) is 26.4 Å². The Labute approximate surface area is 114 Å². The van der Waals surface area contributed by atoms with Crippen LogP contribution in [0, 0.1) is 0 Å². The third-order valence-corrected chi connectivity index (χ3v) is 2.86. The minimum absolute atomic E-state index is 0.405. The van der Waals surface area contributed by atoms with Gasteiger partial charge in [-0.2, -0.15) is 0 Å². The summed E-state index contributed by atoms with van der Waals surface area (Å²) in [5, 5.41) is 2.58. The molecule has 4 heteroatoms. The van der Waals surface area contributed by atoms with E-state index in [1.807, 2.05) is 38.1 Å². The zero-order chi connectivity index (χ0) is 14.3. The highest BCUT2D eigenvalue weighted by atomic mass is 16.5. The van der Waals surface area contributed by atoms with Crippen molar-refractivity contribution in [2.75, 3.05) is 20.3 Å². The molecule has 0 saturated heterocycles. The van der Waals surface area contributed by atoms with E-state index in [4.69, 9.17) is 4.74 Å². The van der Waals surface area contributed by atoms with Gasteiger partial charge in [0.2, 0.25) is 0 Å². The summed E-state index contributed by atoms with van der Waals surface area (Å²) in [5.41, 5.74) is 1.75. The molecule has 0 bridgehead atoms. The number of amides is 1. The highest BCUT2D eigenvalue weighted by molar-refractivity contribution is 5.66. The van der Waals surface area contributed by atoms with E-state index >= 15 is 0 Å². The smallest absolute Gasteiger partial charge is 0.406 e. The minimum atomic E-state index is -0.447. The summed E-state index contributed by atoms with van der Waals surface area (Å²) in [6, 6.07) is 8.04. The quantitative estimate of drug-likeness (QED) is 0.803. The monoisotopic (exact) mass is 263 g/mol. The number of hydrogen-bond donors (Lipinski definition) is 1. The van der Waals surface area contributed by atoms with Gasteiger partial charge in [0.25, 0.3) is 0 Å². The molecule has 1 aromatic rings. The van der Waals surface area contributed by atoms with E-state index in [0.717, 1.165) is 11.1 Å². The molecule has 0 aliphatic rings. The Hall–Kier alpha value is -1.81. The van der Waals surface area contributed by atoms with Gasteiger partial charge in [-0.25, -0.2) is 4.79 Å². The first-order chi connectivity index (χ1) is 8.99. The molecule has 0 fully saturated rings. The zero-order valence-electron chi connectivity index (χ0n) is 11.7. The van der Waals surface area contributed by atoms with Gasteiger partial charge in [-0.05, 0) is 25.0 Å². The second-order valence-corrected chi connectivity index (χ2v) is 4.60. The van der Waals surface area contributed by atoms with Crippen LogP contribution in [0.1, 0.15) is 25.0 Å². The maximum Gasteiger partial charge on any atom is 0.406 e. The van der Waals surface area contributed by atoms with Crippen molar-refractivity contribution in [1.82, 2.24) is 5.32 Å². The molecule has 0 aromatic heterocycles. The molecule has 0 aliphatic heterocycles. The number of hydrogen-bond acceptors (Lipinski definition) is 3. The third-order valence-electron chi connectivity index (χ3n) is 2.86. The summed E-state index contributed by atoms with van der Waals surface area (Å²) in [4.78, 5) is 10.9. The van der Waals surface area contributed by atoms with E-state index in [1.165, 1.54) is 7.11 Å². The molecule has 104 valence electrons. The summed E-state index contributed by atoms with van der Waals surface area (Å²) in [7, 11) is 1.33. The van der Waals surface area contributed by atoms with E-state index in [1.54, 1.807) is 6.08 Å². The minimum Gasteiger partial charge on any atom is -0.453 e. The maximum absolute atomic E-state index is 10.9. The van der Waals surface area contributed by atoms with Gasteiger partial charge in [0.1, 0.15) is 0 Å². The highest BCUT2D eigenvalue weighted by Gasteiger charge is 2.20. The summed E-state index contributed by atoms with van der Waals surface area (Å²) in [6.07, 6.45) is 1.36. The van der Waals surface area contributed by atoms with Crippen LogP contribution in [0.5, 0.6) is 0 Å². The zero-order valence-corrected chi connectivity index (χ0v) is 11.7. The lowest BCUT2D eigenvalue weighted by atomic mass is 9.97. The van der Waals surface area contributed by atoms with Crippen LogP contribution in [0.15, 0.2) is 30.8 Å². The molecular formula is C15H21NO3. The summed E-state index contributed by atoms with van der Waals surface area (Å²) >= 11 is 0. The van der Waals surface area contributed by atoms with Crippen LogP contribution < -0.4 is 5.32 Å². The Kier molecular flexibility index (Phi) is 5.57. The van der Waals surface area contributed by atoms with Crippen LogP contribution >= 0.6 is 0 Å². The van der Waals surface area contributed by atoms with Gasteiger partial charge in [0.05, 0.1) is 19.3 Å². The first-order valence-electron chi connectivity index (χ1n) is 6.18. The topological polar surface area (TPSA) is 47.6 Å². The van der Waals surface area contributed by atoms with Crippen molar-refractivity contribution in [3.8, 4) is 0 Å². The molecule has 0 radical (unpaired) electrons. The van der Waals surface area contributed by atoms with Crippen LogP contribution in [0.2, 0.25) is 0 Å². The van der Waals surface area contributed by atoms with Crippen molar-refractivity contribution in [2.24, 2.45) is 0 Å². The normalized spacial score (nSPS) is 10.9. The lowest BCUT2D eigenvalue weighted by Crippen LogP contribution is -2.30. The molecule has 0 spiro atoms. The molecule has 4 nitrogen and oxygen atoms in total. The Morgan fingerprint density at radius 1 is 1.37 bits per heavy atom. The number of alkyl carbamates (subject to hydrolysis) is 1. The van der Waals surface area contributed by atoms with Gasteiger partial charge in [-0.15, -0.1) is 0 Å². The number of rotatable bonds is 6. The molecule has 0 heterocycles. The number of carbonyl (C=O) groups excluding carboxylic acids is 1.